The average Bonchev–Trinajstić information content (AvgIpc) is 3.45. The predicted molar refractivity (Wildman–Crippen MR) is 155 cm³/mol. The molecule has 3 saturated carbocycles. The summed E-state index contributed by atoms with van der Waals surface area (Å²) in [4.78, 5) is 14.0. The van der Waals surface area contributed by atoms with Gasteiger partial charge in [0.25, 0.3) is 0 Å². The Bertz CT molecular complexity index is 1480. The number of aromatic hydroxyl groups is 1. The number of anilines is 2. The molecular formula is C35H37NO2. The topological polar surface area (TPSA) is 40.5 Å². The molecule has 0 saturated heterocycles. The van der Waals surface area contributed by atoms with E-state index in [2.05, 4.69) is 87.2 Å². The zero-order valence-electron chi connectivity index (χ0n) is 22.9. The van der Waals surface area contributed by atoms with Gasteiger partial charge in [0.1, 0.15) is 5.75 Å². The van der Waals surface area contributed by atoms with Crippen LogP contribution in [-0.4, -0.2) is 17.4 Å². The van der Waals surface area contributed by atoms with Crippen molar-refractivity contribution in [1.29, 1.82) is 0 Å². The third-order valence-electron chi connectivity index (χ3n) is 11.1. The van der Waals surface area contributed by atoms with Gasteiger partial charge < -0.3 is 10.0 Å². The van der Waals surface area contributed by atoms with Crippen molar-refractivity contribution < 1.29 is 9.90 Å². The van der Waals surface area contributed by atoms with Crippen molar-refractivity contribution in [2.75, 3.05) is 4.90 Å². The van der Waals surface area contributed by atoms with Crippen molar-refractivity contribution in [3.8, 4) is 16.9 Å². The predicted octanol–water partition coefficient (Wildman–Crippen LogP) is 8.65. The first-order valence-electron chi connectivity index (χ1n) is 14.1. The van der Waals surface area contributed by atoms with Gasteiger partial charge in [0.05, 0.1) is 11.6 Å². The second kappa shape index (κ2) is 7.85. The minimum atomic E-state index is 0.0193. The number of benzene rings is 3. The van der Waals surface area contributed by atoms with Gasteiger partial charge in [0.15, 0.2) is 6.29 Å². The summed E-state index contributed by atoms with van der Waals surface area (Å²) < 4.78 is 0. The van der Waals surface area contributed by atoms with Crippen LogP contribution in [0.15, 0.2) is 72.3 Å². The Morgan fingerprint density at radius 3 is 2.42 bits per heavy atom. The van der Waals surface area contributed by atoms with E-state index < -0.39 is 0 Å². The maximum atomic E-state index is 11.4. The normalized spacial score (nSPS) is 29.7. The molecule has 7 rings (SSSR count). The number of para-hydroxylation sites is 1. The summed E-state index contributed by atoms with van der Waals surface area (Å²) >= 11 is 0. The SMILES string of the molecule is CC1(C)C2CCC3(C2)C1C1=Cc2ccccc2N(c2ccc(-c4ccc(O)c(C=O)c4)cc2)C1CC3(C)C. The highest BCUT2D eigenvalue weighted by atomic mass is 16.3. The molecule has 38 heavy (non-hydrogen) atoms. The second-order valence-electron chi connectivity index (χ2n) is 13.5. The maximum absolute atomic E-state index is 11.4. The number of hydrogen-bond acceptors (Lipinski definition) is 3. The number of carbonyl (C=O) groups excluding carboxylic acids is 1. The fourth-order valence-electron chi connectivity index (χ4n) is 9.23. The number of phenolic OH excluding ortho intramolecular Hbond substituents is 1. The van der Waals surface area contributed by atoms with E-state index in [1.54, 1.807) is 17.7 Å². The van der Waals surface area contributed by atoms with Crippen molar-refractivity contribution in [3.63, 3.8) is 0 Å². The Morgan fingerprint density at radius 1 is 0.921 bits per heavy atom. The third kappa shape index (κ3) is 3.05. The quantitative estimate of drug-likeness (QED) is 0.364. The lowest BCUT2D eigenvalue weighted by molar-refractivity contribution is -0.0384. The van der Waals surface area contributed by atoms with Crippen LogP contribution >= 0.6 is 0 Å². The molecule has 1 spiro atoms. The summed E-state index contributed by atoms with van der Waals surface area (Å²) in [6.07, 6.45) is 8.57. The zero-order valence-corrected chi connectivity index (χ0v) is 22.9. The largest absolute Gasteiger partial charge is 0.507 e. The zero-order chi connectivity index (χ0) is 26.4. The molecular weight excluding hydrogens is 466 g/mol. The molecule has 3 fully saturated rings. The van der Waals surface area contributed by atoms with Crippen LogP contribution in [0.1, 0.15) is 69.3 Å². The molecule has 0 amide bonds. The van der Waals surface area contributed by atoms with Gasteiger partial charge in [0.2, 0.25) is 0 Å². The van der Waals surface area contributed by atoms with Crippen molar-refractivity contribution in [2.24, 2.45) is 28.1 Å². The minimum Gasteiger partial charge on any atom is -0.507 e. The highest BCUT2D eigenvalue weighted by Crippen LogP contribution is 2.77. The summed E-state index contributed by atoms with van der Waals surface area (Å²) in [6, 6.07) is 23.2. The van der Waals surface area contributed by atoms with Crippen LogP contribution in [0.4, 0.5) is 11.4 Å². The summed E-state index contributed by atoms with van der Waals surface area (Å²) in [7, 11) is 0. The van der Waals surface area contributed by atoms with Crippen LogP contribution < -0.4 is 4.90 Å². The van der Waals surface area contributed by atoms with E-state index in [9.17, 15) is 9.90 Å². The highest BCUT2D eigenvalue weighted by Gasteiger charge is 2.70. The lowest BCUT2D eigenvalue weighted by Crippen LogP contribution is -2.57. The van der Waals surface area contributed by atoms with Crippen molar-refractivity contribution in [1.82, 2.24) is 0 Å². The smallest absolute Gasteiger partial charge is 0.153 e. The molecule has 0 aromatic heterocycles. The van der Waals surface area contributed by atoms with E-state index in [1.165, 1.54) is 36.2 Å². The van der Waals surface area contributed by atoms with Gasteiger partial charge >= 0.3 is 0 Å². The van der Waals surface area contributed by atoms with Crippen molar-refractivity contribution in [2.45, 2.75) is 59.4 Å². The molecule has 1 aliphatic heterocycles. The lowest BCUT2D eigenvalue weighted by atomic mass is 9.46. The Balaban J connectivity index is 1.34. The molecule has 1 heterocycles. The van der Waals surface area contributed by atoms with Crippen LogP contribution in [-0.2, 0) is 0 Å². The van der Waals surface area contributed by atoms with Crippen LogP contribution in [0.5, 0.6) is 5.75 Å². The number of aldehydes is 1. The number of carbonyl (C=O) groups is 1. The van der Waals surface area contributed by atoms with Gasteiger partial charge in [-0.3, -0.25) is 4.79 Å². The average molecular weight is 504 g/mol. The van der Waals surface area contributed by atoms with Crippen molar-refractivity contribution in [3.05, 3.63) is 83.4 Å². The Labute approximate surface area is 226 Å². The van der Waals surface area contributed by atoms with Gasteiger partial charge in [-0.1, -0.05) is 70.2 Å². The lowest BCUT2D eigenvalue weighted by Gasteiger charge is -2.61. The molecule has 3 nitrogen and oxygen atoms in total. The molecule has 4 aliphatic rings. The first-order valence-corrected chi connectivity index (χ1v) is 14.1. The van der Waals surface area contributed by atoms with E-state index in [0.717, 1.165) is 23.5 Å². The van der Waals surface area contributed by atoms with E-state index in [1.807, 2.05) is 6.07 Å². The minimum absolute atomic E-state index is 0.0193. The summed E-state index contributed by atoms with van der Waals surface area (Å²) in [5.74, 6) is 1.44. The Kier molecular flexibility index (Phi) is 4.91. The van der Waals surface area contributed by atoms with Crippen molar-refractivity contribution >= 4 is 23.7 Å². The van der Waals surface area contributed by atoms with E-state index in [-0.39, 0.29) is 11.2 Å². The number of nitrogens with zero attached hydrogens (tertiary/aromatic N) is 1. The Morgan fingerprint density at radius 2 is 1.66 bits per heavy atom. The molecule has 1 N–H and O–H groups in total. The first kappa shape index (κ1) is 23.8. The van der Waals surface area contributed by atoms with E-state index in [4.69, 9.17) is 0 Å². The standard InChI is InChI=1S/C35H37NO2/c1-33(2)20-30-28(32-34(3,4)26-15-16-35(32,33)19-26)18-24-7-5-6-8-29(24)36(30)27-12-9-22(10-13-27)23-11-14-31(38)25(17-23)21-37/h5-14,17-18,21,26,30,32,38H,15-16,19-20H2,1-4H3. The maximum Gasteiger partial charge on any atom is 0.153 e. The van der Waals surface area contributed by atoms with Crippen LogP contribution in [0.25, 0.3) is 17.2 Å². The second-order valence-corrected chi connectivity index (χ2v) is 13.5. The number of phenols is 1. The first-order chi connectivity index (χ1) is 18.2. The molecule has 3 heteroatoms. The van der Waals surface area contributed by atoms with Gasteiger partial charge in [-0.2, -0.15) is 0 Å². The summed E-state index contributed by atoms with van der Waals surface area (Å²) in [5.41, 5.74) is 8.74. The molecule has 194 valence electrons. The van der Waals surface area contributed by atoms with Gasteiger partial charge in [-0.15, -0.1) is 0 Å². The number of fused-ring (bicyclic) bond motifs is 4. The number of rotatable bonds is 3. The van der Waals surface area contributed by atoms with Gasteiger partial charge in [0, 0.05) is 11.4 Å². The molecule has 3 aromatic carbocycles. The van der Waals surface area contributed by atoms with E-state index in [0.29, 0.717) is 34.6 Å². The molecule has 3 aromatic rings. The highest BCUT2D eigenvalue weighted by molar-refractivity contribution is 5.84. The fraction of sp³-hybridized carbons (Fsp3) is 0.400. The molecule has 3 aliphatic carbocycles. The summed E-state index contributed by atoms with van der Waals surface area (Å²) in [6.45, 7) is 10.2. The molecule has 2 bridgehead atoms. The fourth-order valence-corrected chi connectivity index (χ4v) is 9.23. The Hall–Kier alpha value is -3.33. The van der Waals surface area contributed by atoms with Gasteiger partial charge in [-0.05, 0) is 106 Å². The number of hydrogen-bond donors (Lipinski definition) is 1. The van der Waals surface area contributed by atoms with Crippen LogP contribution in [0, 0.1) is 28.1 Å². The summed E-state index contributed by atoms with van der Waals surface area (Å²) in [5, 5.41) is 9.94. The monoisotopic (exact) mass is 503 g/mol. The molecule has 4 unspecified atom stereocenters. The van der Waals surface area contributed by atoms with Crippen LogP contribution in [0.3, 0.4) is 0 Å². The van der Waals surface area contributed by atoms with E-state index >= 15 is 0 Å². The van der Waals surface area contributed by atoms with Gasteiger partial charge in [-0.25, -0.2) is 0 Å². The third-order valence-corrected chi connectivity index (χ3v) is 11.1. The van der Waals surface area contributed by atoms with Crippen LogP contribution in [0.2, 0.25) is 0 Å². The molecule has 4 atom stereocenters. The molecule has 0 radical (unpaired) electrons.